The van der Waals surface area contributed by atoms with E-state index in [1.54, 1.807) is 6.07 Å². The lowest BCUT2D eigenvalue weighted by atomic mass is 10.1. The van der Waals surface area contributed by atoms with Crippen molar-refractivity contribution in [3.05, 3.63) is 64.4 Å². The monoisotopic (exact) mass is 413 g/mol. The first-order chi connectivity index (χ1) is 12.6. The second-order valence-corrected chi connectivity index (χ2v) is 8.22. The number of hydrogen-bond acceptors (Lipinski definition) is 4. The van der Waals surface area contributed by atoms with Crippen LogP contribution in [0.25, 0.3) is 0 Å². The van der Waals surface area contributed by atoms with Gasteiger partial charge in [-0.15, -0.1) is 0 Å². The quantitative estimate of drug-likeness (QED) is 0.636. The van der Waals surface area contributed by atoms with Crippen LogP contribution >= 0.6 is 11.6 Å². The average molecular weight is 414 g/mol. The zero-order chi connectivity index (χ0) is 20.2. The Balaban J connectivity index is 2.44. The molecule has 0 N–H and O–H groups in total. The molecule has 0 heterocycles. The van der Waals surface area contributed by atoms with Gasteiger partial charge in [0.05, 0.1) is 18.4 Å². The molecule has 2 aromatic rings. The number of amides is 1. The van der Waals surface area contributed by atoms with Crippen LogP contribution in [-0.2, 0) is 16.7 Å². The molecule has 0 spiro atoms. The fourth-order valence-electron chi connectivity index (χ4n) is 2.54. The highest BCUT2D eigenvalue weighted by Gasteiger charge is 2.25. The summed E-state index contributed by atoms with van der Waals surface area (Å²) >= 11 is 6.04. The van der Waals surface area contributed by atoms with Gasteiger partial charge in [-0.05, 0) is 43.7 Å². The predicted octanol–water partition coefficient (Wildman–Crippen LogP) is 4.26. The zero-order valence-corrected chi connectivity index (χ0v) is 16.8. The van der Waals surface area contributed by atoms with Crippen molar-refractivity contribution in [2.45, 2.75) is 32.9 Å². The standard InChI is InChI=1S/C19H21ClFNO4S/c1-4-13(2)22(19(23)16-7-5-6-8-17(16)21)12-14-11-15(20)9-10-18(14)26-27(3,24)25/h5-11,13H,4,12H2,1-3H3/t13-/m0/s1. The molecule has 2 rings (SSSR count). The first kappa shape index (κ1) is 21.2. The minimum absolute atomic E-state index is 0.0214. The molecule has 1 amide bonds. The minimum Gasteiger partial charge on any atom is -0.382 e. The van der Waals surface area contributed by atoms with Gasteiger partial charge in [0.25, 0.3) is 5.91 Å². The summed E-state index contributed by atoms with van der Waals surface area (Å²) in [5.41, 5.74) is 0.364. The lowest BCUT2D eigenvalue weighted by molar-refractivity contribution is 0.0666. The van der Waals surface area contributed by atoms with Gasteiger partial charge in [0, 0.05) is 16.6 Å². The molecule has 27 heavy (non-hydrogen) atoms. The largest absolute Gasteiger partial charge is 0.382 e. The smallest absolute Gasteiger partial charge is 0.306 e. The second-order valence-electron chi connectivity index (χ2n) is 6.21. The van der Waals surface area contributed by atoms with E-state index in [9.17, 15) is 17.6 Å². The summed E-state index contributed by atoms with van der Waals surface area (Å²) in [4.78, 5) is 14.4. The van der Waals surface area contributed by atoms with E-state index in [4.69, 9.17) is 15.8 Å². The van der Waals surface area contributed by atoms with Crippen LogP contribution in [0.3, 0.4) is 0 Å². The third-order valence-electron chi connectivity index (χ3n) is 4.09. The Morgan fingerprint density at radius 1 is 1.26 bits per heavy atom. The van der Waals surface area contributed by atoms with Crippen molar-refractivity contribution in [2.24, 2.45) is 0 Å². The van der Waals surface area contributed by atoms with Gasteiger partial charge in [0.1, 0.15) is 11.6 Å². The summed E-state index contributed by atoms with van der Waals surface area (Å²) in [6.45, 7) is 3.76. The zero-order valence-electron chi connectivity index (χ0n) is 15.3. The van der Waals surface area contributed by atoms with Crippen molar-refractivity contribution in [1.82, 2.24) is 4.90 Å². The van der Waals surface area contributed by atoms with Crippen molar-refractivity contribution in [2.75, 3.05) is 6.26 Å². The molecule has 0 saturated heterocycles. The average Bonchev–Trinajstić information content (AvgIpc) is 2.60. The molecule has 146 valence electrons. The summed E-state index contributed by atoms with van der Waals surface area (Å²) in [6, 6.07) is 9.98. The van der Waals surface area contributed by atoms with E-state index >= 15 is 0 Å². The van der Waals surface area contributed by atoms with Crippen LogP contribution in [0.1, 0.15) is 36.2 Å². The maximum absolute atomic E-state index is 14.1. The highest BCUT2D eigenvalue weighted by Crippen LogP contribution is 2.27. The number of halogens is 2. The number of hydrogen-bond donors (Lipinski definition) is 0. The Kier molecular flexibility index (Phi) is 6.84. The molecule has 0 aliphatic carbocycles. The fraction of sp³-hybridized carbons (Fsp3) is 0.316. The van der Waals surface area contributed by atoms with Gasteiger partial charge in [-0.3, -0.25) is 4.79 Å². The molecule has 0 aliphatic heterocycles. The summed E-state index contributed by atoms with van der Waals surface area (Å²) < 4.78 is 42.2. The highest BCUT2D eigenvalue weighted by molar-refractivity contribution is 7.86. The SMILES string of the molecule is CC[C@H](C)N(Cc1cc(Cl)ccc1OS(C)(=O)=O)C(=O)c1ccccc1F. The fourth-order valence-corrected chi connectivity index (χ4v) is 3.22. The molecular formula is C19H21ClFNO4S. The predicted molar refractivity (Wildman–Crippen MR) is 103 cm³/mol. The van der Waals surface area contributed by atoms with Gasteiger partial charge in [0.15, 0.2) is 0 Å². The first-order valence-electron chi connectivity index (χ1n) is 8.35. The molecule has 8 heteroatoms. The van der Waals surface area contributed by atoms with Gasteiger partial charge in [-0.25, -0.2) is 4.39 Å². The van der Waals surface area contributed by atoms with Crippen LogP contribution in [0, 0.1) is 5.82 Å². The van der Waals surface area contributed by atoms with E-state index in [-0.39, 0.29) is 23.9 Å². The third-order valence-corrected chi connectivity index (χ3v) is 4.81. The summed E-state index contributed by atoms with van der Waals surface area (Å²) in [5, 5.41) is 0.369. The lowest BCUT2D eigenvalue weighted by Crippen LogP contribution is -2.38. The van der Waals surface area contributed by atoms with Crippen LogP contribution < -0.4 is 4.18 Å². The Bertz CT molecular complexity index is 933. The normalized spacial score (nSPS) is 12.5. The van der Waals surface area contributed by atoms with E-state index in [1.165, 1.54) is 41.3 Å². The minimum atomic E-state index is -3.76. The van der Waals surface area contributed by atoms with Crippen molar-refractivity contribution in [3.8, 4) is 5.75 Å². The molecule has 5 nitrogen and oxygen atoms in total. The number of carbonyl (C=O) groups is 1. The summed E-state index contributed by atoms with van der Waals surface area (Å²) in [6.07, 6.45) is 1.56. The van der Waals surface area contributed by atoms with E-state index in [2.05, 4.69) is 0 Å². The van der Waals surface area contributed by atoms with E-state index in [1.807, 2.05) is 13.8 Å². The third kappa shape index (κ3) is 5.68. The van der Waals surface area contributed by atoms with Crippen LogP contribution in [0.15, 0.2) is 42.5 Å². The number of carbonyl (C=O) groups excluding carboxylic acids is 1. The molecular weight excluding hydrogens is 393 g/mol. The van der Waals surface area contributed by atoms with Crippen molar-refractivity contribution in [1.29, 1.82) is 0 Å². The second kappa shape index (κ2) is 8.71. The van der Waals surface area contributed by atoms with Crippen molar-refractivity contribution >= 4 is 27.6 Å². The van der Waals surface area contributed by atoms with E-state index in [0.717, 1.165) is 6.26 Å². The van der Waals surface area contributed by atoms with Crippen LogP contribution in [0.4, 0.5) is 4.39 Å². The van der Waals surface area contributed by atoms with Crippen molar-refractivity contribution in [3.63, 3.8) is 0 Å². The molecule has 0 unspecified atom stereocenters. The van der Waals surface area contributed by atoms with Gasteiger partial charge in [-0.2, -0.15) is 8.42 Å². The van der Waals surface area contributed by atoms with Crippen LogP contribution in [0.2, 0.25) is 5.02 Å². The molecule has 1 atom stereocenters. The molecule has 0 bridgehead atoms. The van der Waals surface area contributed by atoms with Gasteiger partial charge < -0.3 is 9.08 Å². The molecule has 0 aliphatic rings. The summed E-state index contributed by atoms with van der Waals surface area (Å²) in [5.74, 6) is -1.03. The van der Waals surface area contributed by atoms with Crippen LogP contribution in [-0.4, -0.2) is 31.5 Å². The first-order valence-corrected chi connectivity index (χ1v) is 10.5. The van der Waals surface area contributed by atoms with Crippen molar-refractivity contribution < 1.29 is 21.8 Å². The Morgan fingerprint density at radius 2 is 1.93 bits per heavy atom. The summed E-state index contributed by atoms with van der Waals surface area (Å²) in [7, 11) is -3.76. The lowest BCUT2D eigenvalue weighted by Gasteiger charge is -2.29. The molecule has 0 fully saturated rings. The van der Waals surface area contributed by atoms with Crippen LogP contribution in [0.5, 0.6) is 5.75 Å². The number of rotatable bonds is 7. The Hall–Kier alpha value is -2.12. The van der Waals surface area contributed by atoms with Gasteiger partial charge in [0.2, 0.25) is 0 Å². The van der Waals surface area contributed by atoms with Gasteiger partial charge >= 0.3 is 10.1 Å². The van der Waals surface area contributed by atoms with E-state index < -0.39 is 21.8 Å². The molecule has 2 aromatic carbocycles. The maximum atomic E-state index is 14.1. The highest BCUT2D eigenvalue weighted by atomic mass is 35.5. The maximum Gasteiger partial charge on any atom is 0.306 e. The van der Waals surface area contributed by atoms with E-state index in [0.29, 0.717) is 17.0 Å². The number of benzene rings is 2. The Labute approximate surface area is 163 Å². The number of nitrogens with zero attached hydrogens (tertiary/aromatic N) is 1. The molecule has 0 aromatic heterocycles. The van der Waals surface area contributed by atoms with Gasteiger partial charge in [-0.1, -0.05) is 30.7 Å². The molecule has 0 saturated carbocycles. The molecule has 0 radical (unpaired) electrons. The topological polar surface area (TPSA) is 63.7 Å². The Morgan fingerprint density at radius 3 is 2.52 bits per heavy atom.